The van der Waals surface area contributed by atoms with E-state index in [1.165, 1.54) is 25.7 Å². The zero-order chi connectivity index (χ0) is 18.9. The maximum absolute atomic E-state index is 12.7. The lowest BCUT2D eigenvalue weighted by Gasteiger charge is -2.28. The molecular weight excluding hydrogens is 316 g/mol. The van der Waals surface area contributed by atoms with Crippen LogP contribution < -0.4 is 0 Å². The summed E-state index contributed by atoms with van der Waals surface area (Å²) in [6.45, 7) is 6.02. The molecule has 25 heavy (non-hydrogen) atoms. The van der Waals surface area contributed by atoms with Gasteiger partial charge in [0.1, 0.15) is 0 Å². The molecule has 0 aliphatic heterocycles. The third-order valence-electron chi connectivity index (χ3n) is 4.41. The number of nitrogens with zero attached hydrogens (tertiary/aromatic N) is 2. The molecule has 150 valence electrons. The van der Waals surface area contributed by atoms with Gasteiger partial charge in [-0.3, -0.25) is 4.79 Å². The van der Waals surface area contributed by atoms with E-state index in [1.807, 2.05) is 4.90 Å². The molecular formula is C20H42N2O3. The monoisotopic (exact) mass is 358 g/mol. The molecule has 0 saturated heterocycles. The molecule has 0 aromatic carbocycles. The van der Waals surface area contributed by atoms with E-state index in [0.29, 0.717) is 19.6 Å². The fraction of sp³-hybridized carbons (Fsp3) is 0.950. The van der Waals surface area contributed by atoms with Gasteiger partial charge >= 0.3 is 0 Å². The van der Waals surface area contributed by atoms with Crippen molar-refractivity contribution in [2.75, 3.05) is 61.2 Å². The molecule has 0 aliphatic carbocycles. The highest BCUT2D eigenvalue weighted by atomic mass is 16.5. The minimum absolute atomic E-state index is 0.239. The third-order valence-corrected chi connectivity index (χ3v) is 4.41. The first kappa shape index (κ1) is 24.4. The highest BCUT2D eigenvalue weighted by molar-refractivity contribution is 5.76. The number of ether oxygens (including phenoxy) is 2. The summed E-state index contributed by atoms with van der Waals surface area (Å²) in [5.74, 6) is 0.523. The lowest BCUT2D eigenvalue weighted by Crippen LogP contribution is -2.39. The van der Waals surface area contributed by atoms with E-state index >= 15 is 0 Å². The first-order chi connectivity index (χ1) is 12.0. The van der Waals surface area contributed by atoms with Gasteiger partial charge in [-0.1, -0.05) is 39.0 Å². The van der Waals surface area contributed by atoms with E-state index in [2.05, 4.69) is 25.9 Å². The Kier molecular flexibility index (Phi) is 16.4. The summed E-state index contributed by atoms with van der Waals surface area (Å²) >= 11 is 0. The largest absolute Gasteiger partial charge is 0.384 e. The molecule has 0 atom stereocenters. The van der Waals surface area contributed by atoms with Crippen LogP contribution in [0, 0.1) is 5.92 Å². The van der Waals surface area contributed by atoms with Crippen LogP contribution in [-0.2, 0) is 14.3 Å². The van der Waals surface area contributed by atoms with Crippen LogP contribution in [0.15, 0.2) is 0 Å². The first-order valence-corrected chi connectivity index (χ1v) is 9.95. The quantitative estimate of drug-likeness (QED) is 0.374. The predicted octanol–water partition coefficient (Wildman–Crippen LogP) is 3.43. The Morgan fingerprint density at radius 3 is 2.04 bits per heavy atom. The van der Waals surface area contributed by atoms with Crippen LogP contribution in [0.5, 0.6) is 0 Å². The summed E-state index contributed by atoms with van der Waals surface area (Å²) in [4.78, 5) is 16.9. The second-order valence-electron chi connectivity index (χ2n) is 7.29. The Morgan fingerprint density at radius 2 is 1.48 bits per heavy atom. The molecule has 0 heterocycles. The molecule has 0 radical (unpaired) electrons. The second-order valence-corrected chi connectivity index (χ2v) is 7.29. The van der Waals surface area contributed by atoms with Gasteiger partial charge in [0.25, 0.3) is 0 Å². The van der Waals surface area contributed by atoms with E-state index in [4.69, 9.17) is 9.47 Å². The average Bonchev–Trinajstić information content (AvgIpc) is 2.57. The van der Waals surface area contributed by atoms with E-state index in [9.17, 15) is 4.79 Å². The van der Waals surface area contributed by atoms with E-state index in [-0.39, 0.29) is 11.8 Å². The van der Waals surface area contributed by atoms with Crippen LogP contribution in [0.3, 0.4) is 0 Å². The number of amides is 1. The molecule has 0 saturated carbocycles. The van der Waals surface area contributed by atoms with Gasteiger partial charge in [-0.2, -0.15) is 0 Å². The number of unbranched alkanes of at least 4 members (excludes halogenated alkanes) is 5. The summed E-state index contributed by atoms with van der Waals surface area (Å²) < 4.78 is 10.6. The van der Waals surface area contributed by atoms with Crippen LogP contribution in [0.2, 0.25) is 0 Å². The van der Waals surface area contributed by atoms with Crippen LogP contribution in [0.4, 0.5) is 0 Å². The van der Waals surface area contributed by atoms with Crippen LogP contribution >= 0.6 is 0 Å². The van der Waals surface area contributed by atoms with Gasteiger partial charge in [0.2, 0.25) is 5.91 Å². The fourth-order valence-electron chi connectivity index (χ4n) is 3.05. The van der Waals surface area contributed by atoms with E-state index in [0.717, 1.165) is 38.9 Å². The summed E-state index contributed by atoms with van der Waals surface area (Å²) in [6, 6.07) is 0. The van der Waals surface area contributed by atoms with Gasteiger partial charge in [0, 0.05) is 39.6 Å². The van der Waals surface area contributed by atoms with Gasteiger partial charge in [-0.15, -0.1) is 0 Å². The fourth-order valence-corrected chi connectivity index (χ4v) is 3.05. The lowest BCUT2D eigenvalue weighted by atomic mass is 10.1. The second kappa shape index (κ2) is 16.8. The highest BCUT2D eigenvalue weighted by Crippen LogP contribution is 2.11. The Hall–Kier alpha value is -0.650. The van der Waals surface area contributed by atoms with Crippen molar-refractivity contribution in [1.82, 2.24) is 9.80 Å². The van der Waals surface area contributed by atoms with E-state index < -0.39 is 0 Å². The summed E-state index contributed by atoms with van der Waals surface area (Å²) in [5, 5.41) is 0. The van der Waals surface area contributed by atoms with Gasteiger partial charge < -0.3 is 19.3 Å². The molecule has 1 amide bonds. The van der Waals surface area contributed by atoms with Crippen molar-refractivity contribution in [1.29, 1.82) is 0 Å². The molecule has 5 nitrogen and oxygen atoms in total. The van der Waals surface area contributed by atoms with Crippen LogP contribution in [0.1, 0.15) is 58.3 Å². The Bertz CT molecular complexity index is 305. The molecule has 0 spiro atoms. The Labute approximate surface area is 156 Å². The molecule has 0 aliphatic rings. The molecule has 0 unspecified atom stereocenters. The first-order valence-electron chi connectivity index (χ1n) is 9.95. The van der Waals surface area contributed by atoms with Gasteiger partial charge in [0.05, 0.1) is 13.2 Å². The SMILES string of the molecule is CCCCCCCCC(=O)N(CCCN(C)C)CC(COC)COC. The molecule has 0 fully saturated rings. The molecule has 0 N–H and O–H groups in total. The Morgan fingerprint density at radius 1 is 0.880 bits per heavy atom. The maximum Gasteiger partial charge on any atom is 0.222 e. The van der Waals surface area contributed by atoms with Crippen molar-refractivity contribution in [2.24, 2.45) is 5.92 Å². The standard InChI is InChI=1S/C20H42N2O3/c1-6-7-8-9-10-11-13-20(23)22(15-12-14-21(2)3)16-19(17-24-4)18-25-5/h19H,6-18H2,1-5H3. The van der Waals surface area contributed by atoms with Crippen molar-refractivity contribution in [3.63, 3.8) is 0 Å². The number of hydrogen-bond donors (Lipinski definition) is 0. The number of hydrogen-bond acceptors (Lipinski definition) is 4. The zero-order valence-corrected chi connectivity index (χ0v) is 17.4. The van der Waals surface area contributed by atoms with Gasteiger partial charge in [-0.05, 0) is 33.5 Å². The predicted molar refractivity (Wildman–Crippen MR) is 105 cm³/mol. The van der Waals surface area contributed by atoms with Crippen molar-refractivity contribution in [2.45, 2.75) is 58.3 Å². The topological polar surface area (TPSA) is 42.0 Å². The van der Waals surface area contributed by atoms with Crippen molar-refractivity contribution >= 4 is 5.91 Å². The minimum Gasteiger partial charge on any atom is -0.384 e. The Balaban J connectivity index is 4.39. The third kappa shape index (κ3) is 14.2. The van der Waals surface area contributed by atoms with Gasteiger partial charge in [-0.25, -0.2) is 0 Å². The molecule has 0 bridgehead atoms. The summed E-state index contributed by atoms with van der Waals surface area (Å²) in [7, 11) is 7.55. The molecule has 0 aromatic rings. The number of methoxy groups -OCH3 is 2. The maximum atomic E-state index is 12.7. The van der Waals surface area contributed by atoms with Crippen molar-refractivity contribution < 1.29 is 14.3 Å². The highest BCUT2D eigenvalue weighted by Gasteiger charge is 2.19. The average molecular weight is 359 g/mol. The van der Waals surface area contributed by atoms with Crippen LogP contribution in [0.25, 0.3) is 0 Å². The molecule has 5 heteroatoms. The van der Waals surface area contributed by atoms with Crippen molar-refractivity contribution in [3.05, 3.63) is 0 Å². The summed E-state index contributed by atoms with van der Waals surface area (Å²) in [6.07, 6.45) is 8.95. The lowest BCUT2D eigenvalue weighted by molar-refractivity contribution is -0.132. The zero-order valence-electron chi connectivity index (χ0n) is 17.4. The van der Waals surface area contributed by atoms with E-state index in [1.54, 1.807) is 14.2 Å². The molecule has 0 aromatic heterocycles. The minimum atomic E-state index is 0.239. The normalized spacial score (nSPS) is 11.5. The number of carbonyl (C=O) groups excluding carboxylic acids is 1. The van der Waals surface area contributed by atoms with Gasteiger partial charge in [0.15, 0.2) is 0 Å². The van der Waals surface area contributed by atoms with Crippen molar-refractivity contribution in [3.8, 4) is 0 Å². The summed E-state index contributed by atoms with van der Waals surface area (Å²) in [5.41, 5.74) is 0. The molecule has 0 rings (SSSR count). The number of carbonyl (C=O) groups is 1. The van der Waals surface area contributed by atoms with Crippen LogP contribution in [-0.4, -0.2) is 76.9 Å². The number of rotatable bonds is 17. The smallest absolute Gasteiger partial charge is 0.222 e.